The van der Waals surface area contributed by atoms with Gasteiger partial charge in [-0.1, -0.05) is 26.8 Å². The highest BCUT2D eigenvalue weighted by Gasteiger charge is 2.82. The molecule has 2 N–H and O–H groups in total. The number of hydrogen-bond donors (Lipinski definition) is 2. The SMILES string of the molecule is C=C[C@@]1(C)CC(=O)[C@@]2(O)[C@](C)(O1)[C@H]1OC(C)(C)O[C@H]1C1C(C)(C)CC[C@H](O)[C@@]12C. The minimum Gasteiger partial charge on any atom is -0.392 e. The number of aliphatic hydroxyl groups excluding tert-OH is 1. The van der Waals surface area contributed by atoms with Crippen LogP contribution in [0.5, 0.6) is 0 Å². The van der Waals surface area contributed by atoms with Crippen LogP contribution in [0.1, 0.15) is 67.7 Å². The Balaban J connectivity index is 2.01. The molecular weight excluding hydrogens is 372 g/mol. The van der Waals surface area contributed by atoms with Crippen molar-refractivity contribution in [2.75, 3.05) is 0 Å². The van der Waals surface area contributed by atoms with Crippen molar-refractivity contribution >= 4 is 5.78 Å². The van der Waals surface area contributed by atoms with E-state index in [0.717, 1.165) is 6.42 Å². The van der Waals surface area contributed by atoms with Crippen LogP contribution < -0.4 is 0 Å². The van der Waals surface area contributed by atoms with Crippen LogP contribution in [0.4, 0.5) is 0 Å². The molecule has 2 heterocycles. The molecular formula is C23H36O6. The molecule has 0 bridgehead atoms. The second-order valence-corrected chi connectivity index (χ2v) is 11.4. The van der Waals surface area contributed by atoms with Crippen molar-refractivity contribution in [1.82, 2.24) is 0 Å². The number of ketones is 1. The molecule has 2 aliphatic carbocycles. The lowest BCUT2D eigenvalue weighted by molar-refractivity contribution is -0.356. The third-order valence-corrected chi connectivity index (χ3v) is 8.53. The summed E-state index contributed by atoms with van der Waals surface area (Å²) in [7, 11) is 0. The van der Waals surface area contributed by atoms with Crippen molar-refractivity contribution in [1.29, 1.82) is 0 Å². The largest absolute Gasteiger partial charge is 0.392 e. The van der Waals surface area contributed by atoms with E-state index in [0.29, 0.717) is 6.42 Å². The van der Waals surface area contributed by atoms with E-state index in [-0.39, 0.29) is 23.5 Å². The zero-order chi connectivity index (χ0) is 21.8. The molecule has 6 heteroatoms. The van der Waals surface area contributed by atoms with Gasteiger partial charge in [0.15, 0.2) is 17.2 Å². The van der Waals surface area contributed by atoms with Crippen molar-refractivity contribution in [3.63, 3.8) is 0 Å². The lowest BCUT2D eigenvalue weighted by Gasteiger charge is -2.70. The highest BCUT2D eigenvalue weighted by molar-refractivity contribution is 5.92. The number of rotatable bonds is 1. The second-order valence-electron chi connectivity index (χ2n) is 11.4. The first-order chi connectivity index (χ1) is 13.1. The van der Waals surface area contributed by atoms with Gasteiger partial charge in [-0.15, -0.1) is 6.58 Å². The topological polar surface area (TPSA) is 85.2 Å². The standard InChI is InChI=1S/C23H36O6/c1-9-20(6)12-14(25)23(26)21(7)13(24)10-11-18(2,3)16(21)15-17(22(23,8)29-20)28-19(4,5)27-15/h9,13,15-17,24,26H,1,10-12H2,2-8H3/t13-,15-,16?,17-,20-,21-,22+,23-/m0/s1. The molecule has 2 aliphatic heterocycles. The van der Waals surface area contributed by atoms with Crippen LogP contribution in [0, 0.1) is 16.7 Å². The van der Waals surface area contributed by atoms with E-state index in [1.54, 1.807) is 19.9 Å². The van der Waals surface area contributed by atoms with Gasteiger partial charge in [-0.05, 0) is 46.0 Å². The fourth-order valence-electron chi connectivity index (χ4n) is 7.22. The zero-order valence-corrected chi connectivity index (χ0v) is 18.7. The highest BCUT2D eigenvalue weighted by atomic mass is 16.8. The van der Waals surface area contributed by atoms with Gasteiger partial charge in [-0.25, -0.2) is 0 Å². The van der Waals surface area contributed by atoms with Gasteiger partial charge in [-0.3, -0.25) is 4.79 Å². The first-order valence-electron chi connectivity index (χ1n) is 10.7. The van der Waals surface area contributed by atoms with Crippen LogP contribution in [0.2, 0.25) is 0 Å². The summed E-state index contributed by atoms with van der Waals surface area (Å²) in [5.41, 5.74) is -5.67. The molecule has 0 radical (unpaired) electrons. The summed E-state index contributed by atoms with van der Waals surface area (Å²) in [4.78, 5) is 13.7. The predicted molar refractivity (Wildman–Crippen MR) is 107 cm³/mol. The van der Waals surface area contributed by atoms with Crippen LogP contribution in [0.3, 0.4) is 0 Å². The van der Waals surface area contributed by atoms with E-state index < -0.39 is 46.3 Å². The Bertz CT molecular complexity index is 760. The molecule has 164 valence electrons. The molecule has 6 nitrogen and oxygen atoms in total. The number of fused-ring (bicyclic) bond motifs is 6. The minimum absolute atomic E-state index is 0.000312. The van der Waals surface area contributed by atoms with Crippen LogP contribution >= 0.6 is 0 Å². The van der Waals surface area contributed by atoms with Crippen LogP contribution in [-0.2, 0) is 19.0 Å². The summed E-state index contributed by atoms with van der Waals surface area (Å²) < 4.78 is 19.3. The summed E-state index contributed by atoms with van der Waals surface area (Å²) in [6, 6.07) is 0. The fraction of sp³-hybridized carbons (Fsp3) is 0.870. The summed E-state index contributed by atoms with van der Waals surface area (Å²) in [6.45, 7) is 17.2. The van der Waals surface area contributed by atoms with E-state index in [9.17, 15) is 15.0 Å². The fourth-order valence-corrected chi connectivity index (χ4v) is 7.22. The van der Waals surface area contributed by atoms with Crippen molar-refractivity contribution in [2.45, 2.75) is 109 Å². The molecule has 1 unspecified atom stereocenters. The predicted octanol–water partition coefficient (Wildman–Crippen LogP) is 2.75. The minimum atomic E-state index is -1.92. The maximum absolute atomic E-state index is 13.7. The summed E-state index contributed by atoms with van der Waals surface area (Å²) in [5.74, 6) is -1.51. The van der Waals surface area contributed by atoms with E-state index in [1.807, 2.05) is 20.8 Å². The Labute approximate surface area is 173 Å². The van der Waals surface area contributed by atoms with Crippen LogP contribution in [0.15, 0.2) is 12.7 Å². The zero-order valence-electron chi connectivity index (χ0n) is 18.7. The normalized spacial score (nSPS) is 55.6. The Morgan fingerprint density at radius 3 is 2.31 bits per heavy atom. The number of Topliss-reactive ketones (excluding diaryl/α,β-unsaturated/α-hetero) is 1. The second kappa shape index (κ2) is 5.71. The van der Waals surface area contributed by atoms with Crippen molar-refractivity contribution in [3.8, 4) is 0 Å². The maximum Gasteiger partial charge on any atom is 0.171 e. The van der Waals surface area contributed by atoms with E-state index >= 15 is 0 Å². The average Bonchev–Trinajstić information content (AvgIpc) is 2.91. The van der Waals surface area contributed by atoms with Gasteiger partial charge in [0.2, 0.25) is 0 Å². The Hall–Kier alpha value is -0.790. The first kappa shape index (κ1) is 21.4. The number of carbonyl (C=O) groups excluding carboxylic acids is 1. The number of aliphatic hydroxyl groups is 2. The van der Waals surface area contributed by atoms with Gasteiger partial charge >= 0.3 is 0 Å². The number of carbonyl (C=O) groups is 1. The Morgan fingerprint density at radius 1 is 1.10 bits per heavy atom. The lowest BCUT2D eigenvalue weighted by atomic mass is 9.40. The summed E-state index contributed by atoms with van der Waals surface area (Å²) >= 11 is 0. The van der Waals surface area contributed by atoms with Gasteiger partial charge in [0, 0.05) is 17.8 Å². The monoisotopic (exact) mass is 408 g/mol. The average molecular weight is 409 g/mol. The molecule has 2 saturated heterocycles. The van der Waals surface area contributed by atoms with Crippen LogP contribution in [-0.4, -0.2) is 56.9 Å². The molecule has 8 atom stereocenters. The van der Waals surface area contributed by atoms with Crippen molar-refractivity contribution in [3.05, 3.63) is 12.7 Å². The number of hydrogen-bond acceptors (Lipinski definition) is 6. The van der Waals surface area contributed by atoms with Crippen LogP contribution in [0.25, 0.3) is 0 Å². The van der Waals surface area contributed by atoms with Crippen molar-refractivity contribution in [2.24, 2.45) is 16.7 Å². The summed E-state index contributed by atoms with van der Waals surface area (Å²) in [6.07, 6.45) is 0.943. The summed E-state index contributed by atoms with van der Waals surface area (Å²) in [5, 5.41) is 23.6. The molecule has 0 aromatic rings. The lowest BCUT2D eigenvalue weighted by Crippen LogP contribution is -2.86. The molecule has 4 aliphatic rings. The third-order valence-electron chi connectivity index (χ3n) is 8.53. The van der Waals surface area contributed by atoms with Gasteiger partial charge in [-0.2, -0.15) is 0 Å². The maximum atomic E-state index is 13.7. The van der Waals surface area contributed by atoms with Gasteiger partial charge < -0.3 is 24.4 Å². The number of ether oxygens (including phenoxy) is 3. The van der Waals surface area contributed by atoms with E-state index in [2.05, 4.69) is 20.4 Å². The Morgan fingerprint density at radius 2 is 1.72 bits per heavy atom. The van der Waals surface area contributed by atoms with E-state index in [4.69, 9.17) is 14.2 Å². The molecule has 4 rings (SSSR count). The molecule has 2 saturated carbocycles. The van der Waals surface area contributed by atoms with Gasteiger partial charge in [0.05, 0.1) is 17.8 Å². The quantitative estimate of drug-likeness (QED) is 0.649. The molecule has 0 aromatic heterocycles. The smallest absolute Gasteiger partial charge is 0.171 e. The molecule has 0 spiro atoms. The first-order valence-corrected chi connectivity index (χ1v) is 10.7. The Kier molecular flexibility index (Phi) is 4.22. The molecule has 4 fully saturated rings. The van der Waals surface area contributed by atoms with Crippen molar-refractivity contribution < 1.29 is 29.2 Å². The molecule has 0 amide bonds. The highest BCUT2D eigenvalue weighted by Crippen LogP contribution is 2.69. The van der Waals surface area contributed by atoms with Gasteiger partial charge in [0.1, 0.15) is 11.7 Å². The van der Waals surface area contributed by atoms with Gasteiger partial charge in [0.25, 0.3) is 0 Å². The molecule has 29 heavy (non-hydrogen) atoms. The van der Waals surface area contributed by atoms with E-state index in [1.165, 1.54) is 0 Å². The third kappa shape index (κ3) is 2.38. The molecule has 0 aromatic carbocycles.